The van der Waals surface area contributed by atoms with Crippen molar-refractivity contribution >= 4 is 23.2 Å². The van der Waals surface area contributed by atoms with Gasteiger partial charge in [0.25, 0.3) is 5.91 Å². The van der Waals surface area contributed by atoms with Crippen molar-refractivity contribution in [2.24, 2.45) is 0 Å². The molecule has 0 aromatic carbocycles. The molecule has 0 bridgehead atoms. The molecular formula is C17H20N4O2S. The minimum atomic E-state index is -0.223. The zero-order valence-electron chi connectivity index (χ0n) is 13.6. The SMILES string of the molecule is CN(c1ncccn1)[C@H]1CO[C@@]2(CCN(C(=O)c3ccsc3)C2)C1. The van der Waals surface area contributed by atoms with Crippen molar-refractivity contribution in [1.29, 1.82) is 0 Å². The minimum Gasteiger partial charge on any atom is -0.371 e. The maximum Gasteiger partial charge on any atom is 0.254 e. The van der Waals surface area contributed by atoms with Crippen molar-refractivity contribution in [2.75, 3.05) is 31.6 Å². The van der Waals surface area contributed by atoms with E-state index < -0.39 is 0 Å². The second kappa shape index (κ2) is 6.14. The molecule has 1 amide bonds. The number of amides is 1. The summed E-state index contributed by atoms with van der Waals surface area (Å²) in [5.41, 5.74) is 0.556. The van der Waals surface area contributed by atoms with Gasteiger partial charge in [-0.25, -0.2) is 9.97 Å². The summed E-state index contributed by atoms with van der Waals surface area (Å²) in [4.78, 5) is 25.2. The standard InChI is InChI=1S/C17H20N4O2S/c1-20(16-18-5-2-6-19-16)14-9-17(23-10-14)4-7-21(12-17)15(22)13-3-8-24-11-13/h2-3,5-6,8,11,14H,4,7,9-10,12H2,1H3/t14-,17+/m1/s1. The third-order valence-electron chi connectivity index (χ3n) is 4.98. The van der Waals surface area contributed by atoms with Crippen LogP contribution in [0.1, 0.15) is 23.2 Å². The number of likely N-dealkylation sites (tertiary alicyclic amines) is 1. The van der Waals surface area contributed by atoms with Crippen LogP contribution >= 0.6 is 11.3 Å². The maximum atomic E-state index is 12.5. The number of carbonyl (C=O) groups excluding carboxylic acids is 1. The summed E-state index contributed by atoms with van der Waals surface area (Å²) >= 11 is 1.55. The highest BCUT2D eigenvalue weighted by Crippen LogP contribution is 2.37. The van der Waals surface area contributed by atoms with Crippen LogP contribution in [0.5, 0.6) is 0 Å². The van der Waals surface area contributed by atoms with Crippen molar-refractivity contribution in [3.8, 4) is 0 Å². The van der Waals surface area contributed by atoms with E-state index in [0.29, 0.717) is 19.1 Å². The molecule has 0 unspecified atom stereocenters. The highest BCUT2D eigenvalue weighted by molar-refractivity contribution is 7.08. The molecule has 2 saturated heterocycles. The first kappa shape index (κ1) is 15.5. The normalized spacial score (nSPS) is 26.2. The van der Waals surface area contributed by atoms with E-state index in [2.05, 4.69) is 14.9 Å². The van der Waals surface area contributed by atoms with Crippen molar-refractivity contribution in [2.45, 2.75) is 24.5 Å². The Kier molecular flexibility index (Phi) is 3.97. The molecule has 1 spiro atoms. The first-order valence-corrected chi connectivity index (χ1v) is 9.06. The van der Waals surface area contributed by atoms with E-state index in [-0.39, 0.29) is 17.6 Å². The van der Waals surface area contributed by atoms with Crippen molar-refractivity contribution < 1.29 is 9.53 Å². The molecule has 2 aliphatic rings. The summed E-state index contributed by atoms with van der Waals surface area (Å²) in [6.45, 7) is 2.07. The average Bonchev–Trinajstić information content (AvgIpc) is 3.37. The lowest BCUT2D eigenvalue weighted by Gasteiger charge is -2.26. The molecule has 6 nitrogen and oxygen atoms in total. The molecule has 0 N–H and O–H groups in total. The Hall–Kier alpha value is -1.99. The van der Waals surface area contributed by atoms with Crippen LogP contribution in [0.15, 0.2) is 35.3 Å². The Morgan fingerprint density at radius 3 is 3.04 bits per heavy atom. The summed E-state index contributed by atoms with van der Waals surface area (Å²) < 4.78 is 6.17. The molecule has 0 radical (unpaired) electrons. The van der Waals surface area contributed by atoms with Crippen molar-refractivity contribution in [3.05, 3.63) is 40.8 Å². The fourth-order valence-corrected chi connectivity index (χ4v) is 4.21. The summed E-state index contributed by atoms with van der Waals surface area (Å²) in [6, 6.07) is 3.94. The first-order chi connectivity index (χ1) is 11.7. The quantitative estimate of drug-likeness (QED) is 0.853. The zero-order valence-corrected chi connectivity index (χ0v) is 14.4. The molecule has 126 valence electrons. The van der Waals surface area contributed by atoms with Gasteiger partial charge in [0, 0.05) is 37.8 Å². The largest absolute Gasteiger partial charge is 0.371 e. The molecule has 24 heavy (non-hydrogen) atoms. The molecule has 4 rings (SSSR count). The van der Waals surface area contributed by atoms with E-state index in [9.17, 15) is 4.79 Å². The Balaban J connectivity index is 1.42. The third-order valence-corrected chi connectivity index (χ3v) is 5.66. The van der Waals surface area contributed by atoms with Gasteiger partial charge in [-0.1, -0.05) is 0 Å². The Morgan fingerprint density at radius 1 is 1.46 bits per heavy atom. The predicted octanol–water partition coefficient (Wildman–Crippen LogP) is 2.05. The Morgan fingerprint density at radius 2 is 2.29 bits per heavy atom. The van der Waals surface area contributed by atoms with Gasteiger partial charge in [-0.2, -0.15) is 11.3 Å². The highest BCUT2D eigenvalue weighted by Gasteiger charge is 2.48. The van der Waals surface area contributed by atoms with Gasteiger partial charge in [0.1, 0.15) is 0 Å². The Labute approximate surface area is 145 Å². The van der Waals surface area contributed by atoms with Crippen LogP contribution < -0.4 is 4.90 Å². The number of likely N-dealkylation sites (N-methyl/N-ethyl adjacent to an activating group) is 1. The van der Waals surface area contributed by atoms with Crippen LogP contribution in [0.25, 0.3) is 0 Å². The topological polar surface area (TPSA) is 58.6 Å². The van der Waals surface area contributed by atoms with Gasteiger partial charge in [0.2, 0.25) is 5.95 Å². The van der Waals surface area contributed by atoms with Crippen LogP contribution in [0.2, 0.25) is 0 Å². The fourth-order valence-electron chi connectivity index (χ4n) is 3.58. The molecule has 2 aromatic rings. The van der Waals surface area contributed by atoms with Gasteiger partial charge >= 0.3 is 0 Å². The van der Waals surface area contributed by atoms with Gasteiger partial charge < -0.3 is 14.5 Å². The van der Waals surface area contributed by atoms with Gasteiger partial charge in [-0.3, -0.25) is 4.79 Å². The van der Waals surface area contributed by atoms with Crippen molar-refractivity contribution in [3.63, 3.8) is 0 Å². The van der Waals surface area contributed by atoms with Crippen LogP contribution in [0.4, 0.5) is 5.95 Å². The number of ether oxygens (including phenoxy) is 1. The van der Waals surface area contributed by atoms with E-state index in [1.807, 2.05) is 34.8 Å². The van der Waals surface area contributed by atoms with E-state index >= 15 is 0 Å². The van der Waals surface area contributed by atoms with E-state index in [4.69, 9.17) is 4.74 Å². The number of thiophene rings is 1. The Bertz CT molecular complexity index is 709. The molecule has 7 heteroatoms. The molecule has 2 fully saturated rings. The molecule has 2 atom stereocenters. The third kappa shape index (κ3) is 2.78. The second-order valence-electron chi connectivity index (χ2n) is 6.50. The van der Waals surface area contributed by atoms with Crippen LogP contribution in [0, 0.1) is 0 Å². The monoisotopic (exact) mass is 344 g/mol. The predicted molar refractivity (Wildman–Crippen MR) is 92.4 cm³/mol. The number of hydrogen-bond donors (Lipinski definition) is 0. The smallest absolute Gasteiger partial charge is 0.254 e. The molecule has 0 aliphatic carbocycles. The number of anilines is 1. The van der Waals surface area contributed by atoms with Gasteiger partial charge in [0.05, 0.1) is 30.4 Å². The van der Waals surface area contributed by atoms with E-state index in [1.165, 1.54) is 0 Å². The van der Waals surface area contributed by atoms with Gasteiger partial charge in [0.15, 0.2) is 0 Å². The maximum absolute atomic E-state index is 12.5. The molecule has 2 aromatic heterocycles. The fraction of sp³-hybridized carbons (Fsp3) is 0.471. The number of nitrogens with zero attached hydrogens (tertiary/aromatic N) is 4. The van der Waals surface area contributed by atoms with Gasteiger partial charge in [-0.05, 0) is 23.9 Å². The number of carbonyl (C=O) groups is 1. The van der Waals surface area contributed by atoms with Gasteiger partial charge in [-0.15, -0.1) is 0 Å². The lowest BCUT2D eigenvalue weighted by molar-refractivity contribution is 0.0123. The highest BCUT2D eigenvalue weighted by atomic mass is 32.1. The lowest BCUT2D eigenvalue weighted by Crippen LogP contribution is -2.38. The van der Waals surface area contributed by atoms with E-state index in [0.717, 1.165) is 24.9 Å². The van der Waals surface area contributed by atoms with Crippen LogP contribution in [-0.2, 0) is 4.74 Å². The average molecular weight is 344 g/mol. The summed E-state index contributed by atoms with van der Waals surface area (Å²) in [7, 11) is 2.01. The number of hydrogen-bond acceptors (Lipinski definition) is 6. The second-order valence-corrected chi connectivity index (χ2v) is 7.28. The number of aromatic nitrogens is 2. The van der Waals surface area contributed by atoms with Crippen LogP contribution in [-0.4, -0.2) is 59.2 Å². The minimum absolute atomic E-state index is 0.111. The zero-order chi connectivity index (χ0) is 16.6. The summed E-state index contributed by atoms with van der Waals surface area (Å²) in [5.74, 6) is 0.826. The first-order valence-electron chi connectivity index (χ1n) is 8.12. The molecule has 4 heterocycles. The summed E-state index contributed by atoms with van der Waals surface area (Å²) in [5, 5.41) is 3.85. The van der Waals surface area contributed by atoms with E-state index in [1.54, 1.807) is 23.7 Å². The van der Waals surface area contributed by atoms with Crippen LogP contribution in [0.3, 0.4) is 0 Å². The molecule has 2 aliphatic heterocycles. The lowest BCUT2D eigenvalue weighted by atomic mass is 9.97. The molecular weight excluding hydrogens is 324 g/mol. The number of rotatable bonds is 3. The molecule has 0 saturated carbocycles. The van der Waals surface area contributed by atoms with Crippen molar-refractivity contribution in [1.82, 2.24) is 14.9 Å². The summed E-state index contributed by atoms with van der Waals surface area (Å²) in [6.07, 6.45) is 5.29.